The highest BCUT2D eigenvalue weighted by atomic mass is 32.1. The van der Waals surface area contributed by atoms with Crippen molar-refractivity contribution in [1.29, 1.82) is 0 Å². The largest absolute Gasteiger partial charge is 0.375 e. The van der Waals surface area contributed by atoms with Crippen molar-refractivity contribution in [2.24, 2.45) is 10.8 Å². The minimum atomic E-state index is -0.564. The van der Waals surface area contributed by atoms with Crippen molar-refractivity contribution >= 4 is 80.2 Å². The molecule has 0 bridgehead atoms. The Kier molecular flexibility index (Phi) is 9.20. The van der Waals surface area contributed by atoms with Gasteiger partial charge in [0.05, 0.1) is 20.4 Å². The Hall–Kier alpha value is -4.67. The predicted octanol–water partition coefficient (Wildman–Crippen LogP) is 3.65. The van der Waals surface area contributed by atoms with Crippen LogP contribution in [0.3, 0.4) is 0 Å². The number of amides is 1. The number of nitrogens with two attached hydrogens (primary N) is 1. The molecule has 0 radical (unpaired) electrons. The standard InChI is InChI=1S/C22H18N8O5S3/c1-12-18(17(27-28-20(23)36)11-4-13-2-7-15(8-3-13)29(32)33)38-22(24-12)26-21(37)25-19(31)14-5-9-16(10-6-14)30(34)35/h2-11H,1H3,(H3,23,28,36)(H2,24,25,26,31,37)/b11-4?,27-17+. The summed E-state index contributed by atoms with van der Waals surface area (Å²) in [6, 6.07) is 11.0. The Balaban J connectivity index is 1.75. The van der Waals surface area contributed by atoms with E-state index < -0.39 is 15.8 Å². The molecule has 2 aromatic carbocycles. The Morgan fingerprint density at radius 1 is 1.05 bits per heavy atom. The third-order valence-corrected chi connectivity index (χ3v) is 6.03. The number of hydrogen-bond donors (Lipinski definition) is 4. The SMILES string of the molecule is Cc1nc(NC(=S)NC(=O)c2ccc([N+](=O)[O-])cc2)sc1/C(C=Cc1ccc([N+](=O)[O-])cc1)=N/NC(N)=S. The summed E-state index contributed by atoms with van der Waals surface area (Å²) in [5.41, 5.74) is 9.74. The molecule has 0 spiro atoms. The maximum atomic E-state index is 12.4. The molecule has 16 heteroatoms. The molecule has 0 unspecified atom stereocenters. The molecule has 0 saturated carbocycles. The van der Waals surface area contributed by atoms with E-state index in [4.69, 9.17) is 30.2 Å². The zero-order valence-corrected chi connectivity index (χ0v) is 21.9. The molecule has 0 saturated heterocycles. The lowest BCUT2D eigenvalue weighted by Crippen LogP contribution is -2.34. The molecule has 194 valence electrons. The molecule has 1 amide bonds. The second-order valence-corrected chi connectivity index (χ2v) is 9.15. The Labute approximate surface area is 229 Å². The number of nitrogens with zero attached hydrogens (tertiary/aromatic N) is 4. The number of non-ortho nitro benzene ring substituents is 2. The van der Waals surface area contributed by atoms with Crippen LogP contribution in [0.1, 0.15) is 26.5 Å². The molecule has 0 fully saturated rings. The number of carbonyl (C=O) groups is 1. The van der Waals surface area contributed by atoms with Gasteiger partial charge in [0.15, 0.2) is 15.4 Å². The first-order valence-electron chi connectivity index (χ1n) is 10.4. The maximum Gasteiger partial charge on any atom is 0.269 e. The number of allylic oxidation sites excluding steroid dienone is 1. The van der Waals surface area contributed by atoms with Crippen molar-refractivity contribution in [1.82, 2.24) is 15.7 Å². The summed E-state index contributed by atoms with van der Waals surface area (Å²) in [4.78, 5) is 38.0. The highest BCUT2D eigenvalue weighted by Gasteiger charge is 2.15. The molecule has 0 aliphatic heterocycles. The van der Waals surface area contributed by atoms with Crippen LogP contribution in [0.25, 0.3) is 6.08 Å². The molecule has 38 heavy (non-hydrogen) atoms. The smallest absolute Gasteiger partial charge is 0.269 e. The van der Waals surface area contributed by atoms with Crippen LogP contribution in [-0.4, -0.2) is 36.7 Å². The summed E-state index contributed by atoms with van der Waals surface area (Å²) < 4.78 is 0. The molecular formula is C22H18N8O5S3. The van der Waals surface area contributed by atoms with Crippen molar-refractivity contribution in [2.75, 3.05) is 5.32 Å². The summed E-state index contributed by atoms with van der Waals surface area (Å²) in [6.45, 7) is 1.74. The van der Waals surface area contributed by atoms with Gasteiger partial charge in [-0.05, 0) is 67.3 Å². The molecule has 3 rings (SSSR count). The van der Waals surface area contributed by atoms with Gasteiger partial charge in [-0.1, -0.05) is 17.4 Å². The van der Waals surface area contributed by atoms with Gasteiger partial charge in [0, 0.05) is 29.8 Å². The highest BCUT2D eigenvalue weighted by molar-refractivity contribution is 7.80. The van der Waals surface area contributed by atoms with E-state index in [9.17, 15) is 25.0 Å². The average molecular weight is 571 g/mol. The fraction of sp³-hybridized carbons (Fsp3) is 0.0455. The van der Waals surface area contributed by atoms with E-state index in [1.165, 1.54) is 47.7 Å². The van der Waals surface area contributed by atoms with Crippen molar-refractivity contribution in [3.05, 3.63) is 96.5 Å². The quantitative estimate of drug-likeness (QED) is 0.134. The number of thiocarbonyl (C=S) groups is 2. The van der Waals surface area contributed by atoms with E-state index >= 15 is 0 Å². The first-order chi connectivity index (χ1) is 18.0. The highest BCUT2D eigenvalue weighted by Crippen LogP contribution is 2.24. The molecule has 0 atom stereocenters. The number of rotatable bonds is 8. The van der Waals surface area contributed by atoms with Gasteiger partial charge in [0.2, 0.25) is 0 Å². The van der Waals surface area contributed by atoms with Crippen LogP contribution in [-0.2, 0) is 0 Å². The van der Waals surface area contributed by atoms with E-state index in [1.54, 1.807) is 31.2 Å². The Morgan fingerprint density at radius 3 is 2.18 bits per heavy atom. The van der Waals surface area contributed by atoms with Crippen molar-refractivity contribution in [3.63, 3.8) is 0 Å². The minimum Gasteiger partial charge on any atom is -0.375 e. The van der Waals surface area contributed by atoms with Gasteiger partial charge < -0.3 is 11.1 Å². The number of aryl methyl sites for hydroxylation is 1. The third-order valence-electron chi connectivity index (χ3n) is 4.64. The summed E-state index contributed by atoms with van der Waals surface area (Å²) in [7, 11) is 0. The average Bonchev–Trinajstić information content (AvgIpc) is 3.23. The number of benzene rings is 2. The number of aromatic nitrogens is 1. The number of nitrogens with one attached hydrogen (secondary N) is 3. The first-order valence-corrected chi connectivity index (χ1v) is 12.1. The van der Waals surface area contributed by atoms with Crippen molar-refractivity contribution < 1.29 is 14.6 Å². The van der Waals surface area contributed by atoms with E-state index in [1.807, 2.05) is 0 Å². The summed E-state index contributed by atoms with van der Waals surface area (Å²) >= 11 is 11.2. The van der Waals surface area contributed by atoms with Gasteiger partial charge in [0.25, 0.3) is 17.3 Å². The van der Waals surface area contributed by atoms with Gasteiger partial charge in [-0.25, -0.2) is 4.98 Å². The lowest BCUT2D eigenvalue weighted by atomic mass is 10.1. The lowest BCUT2D eigenvalue weighted by Gasteiger charge is -2.07. The van der Waals surface area contributed by atoms with Crippen LogP contribution >= 0.6 is 35.8 Å². The molecule has 1 aromatic heterocycles. The van der Waals surface area contributed by atoms with Gasteiger partial charge in [-0.3, -0.25) is 35.8 Å². The molecule has 1 heterocycles. The number of anilines is 1. The van der Waals surface area contributed by atoms with Crippen LogP contribution < -0.4 is 21.8 Å². The van der Waals surface area contributed by atoms with Gasteiger partial charge in [0.1, 0.15) is 5.71 Å². The lowest BCUT2D eigenvalue weighted by molar-refractivity contribution is -0.385. The third kappa shape index (κ3) is 7.66. The summed E-state index contributed by atoms with van der Waals surface area (Å²) in [6.07, 6.45) is 3.36. The summed E-state index contributed by atoms with van der Waals surface area (Å²) in [5.74, 6) is -0.556. The second kappa shape index (κ2) is 12.5. The molecule has 13 nitrogen and oxygen atoms in total. The van der Waals surface area contributed by atoms with Crippen LogP contribution in [0.5, 0.6) is 0 Å². The number of carbonyl (C=O) groups excluding carboxylic acids is 1. The van der Waals surface area contributed by atoms with E-state index in [0.29, 0.717) is 27.0 Å². The van der Waals surface area contributed by atoms with Crippen LogP contribution in [0.15, 0.2) is 59.7 Å². The van der Waals surface area contributed by atoms with Gasteiger partial charge >= 0.3 is 0 Å². The van der Waals surface area contributed by atoms with E-state index in [2.05, 4.69) is 26.1 Å². The van der Waals surface area contributed by atoms with Crippen LogP contribution in [0.4, 0.5) is 16.5 Å². The fourth-order valence-electron chi connectivity index (χ4n) is 2.89. The van der Waals surface area contributed by atoms with Crippen LogP contribution in [0, 0.1) is 27.2 Å². The van der Waals surface area contributed by atoms with Crippen LogP contribution in [0.2, 0.25) is 0 Å². The summed E-state index contributed by atoms with van der Waals surface area (Å²) in [5, 5.41) is 31.4. The Morgan fingerprint density at radius 2 is 1.63 bits per heavy atom. The maximum absolute atomic E-state index is 12.4. The molecule has 0 aliphatic rings. The molecule has 5 N–H and O–H groups in total. The number of nitro benzene ring substituents is 2. The monoisotopic (exact) mass is 570 g/mol. The first kappa shape index (κ1) is 27.9. The normalized spacial score (nSPS) is 11.1. The Bertz CT molecular complexity index is 1470. The predicted molar refractivity (Wildman–Crippen MR) is 152 cm³/mol. The number of hydrogen-bond acceptors (Lipinski definition) is 10. The molecule has 0 aliphatic carbocycles. The number of hydrazone groups is 1. The molecular weight excluding hydrogens is 552 g/mol. The minimum absolute atomic E-state index is 0.0307. The zero-order valence-electron chi connectivity index (χ0n) is 19.4. The number of thiazole rings is 1. The van der Waals surface area contributed by atoms with Gasteiger partial charge in [-0.15, -0.1) is 0 Å². The van der Waals surface area contributed by atoms with Crippen molar-refractivity contribution in [2.45, 2.75) is 6.92 Å². The van der Waals surface area contributed by atoms with E-state index in [-0.39, 0.29) is 27.2 Å². The topological polar surface area (TPSA) is 191 Å². The van der Waals surface area contributed by atoms with Crippen molar-refractivity contribution in [3.8, 4) is 0 Å². The van der Waals surface area contributed by atoms with E-state index in [0.717, 1.165) is 0 Å². The molecule has 3 aromatic rings. The fourth-order valence-corrected chi connectivity index (χ4v) is 4.13. The van der Waals surface area contributed by atoms with Gasteiger partial charge in [-0.2, -0.15) is 5.10 Å². The zero-order chi connectivity index (χ0) is 27.8. The second-order valence-electron chi connectivity index (χ2n) is 7.30. The number of nitro groups is 2.